The molecule has 3 aromatic heterocycles. The van der Waals surface area contributed by atoms with Gasteiger partial charge in [0.05, 0.1) is 0 Å². The highest BCUT2D eigenvalue weighted by molar-refractivity contribution is 7.15. The molecule has 2 atom stereocenters. The lowest BCUT2D eigenvalue weighted by Gasteiger charge is -2.37. The maximum Gasteiger partial charge on any atom is 0.262 e. The minimum Gasteiger partial charge on any atom is -0.361 e. The molecule has 30 heavy (non-hydrogen) atoms. The highest BCUT2D eigenvalue weighted by Gasteiger charge is 2.29. The van der Waals surface area contributed by atoms with Crippen LogP contribution in [0.4, 0.5) is 0 Å². The zero-order valence-electron chi connectivity index (χ0n) is 17.8. The number of para-hydroxylation sites is 1. The molecule has 1 aliphatic rings. The van der Waals surface area contributed by atoms with E-state index in [1.165, 1.54) is 27.8 Å². The van der Waals surface area contributed by atoms with Gasteiger partial charge in [0.1, 0.15) is 0 Å². The van der Waals surface area contributed by atoms with Gasteiger partial charge in [0.2, 0.25) is 0 Å². The maximum absolute atomic E-state index is 13.0. The minimum absolute atomic E-state index is 0.109. The summed E-state index contributed by atoms with van der Waals surface area (Å²) in [6.45, 7) is 9.36. The molecular formula is C24H28N4OS. The third-order valence-electron chi connectivity index (χ3n) is 6.73. The number of benzene rings is 1. The molecule has 4 heterocycles. The summed E-state index contributed by atoms with van der Waals surface area (Å²) >= 11 is 1.54. The number of H-pyrrole nitrogens is 1. The normalized spacial score (nSPS) is 20.4. The van der Waals surface area contributed by atoms with Crippen LogP contribution in [0, 0.1) is 19.8 Å². The summed E-state index contributed by atoms with van der Waals surface area (Å²) in [7, 11) is 0. The van der Waals surface area contributed by atoms with E-state index in [-0.39, 0.29) is 5.56 Å². The van der Waals surface area contributed by atoms with Gasteiger partial charge >= 0.3 is 0 Å². The fourth-order valence-electron chi connectivity index (χ4n) is 5.07. The SMILES string of the molecule is Cc1nc2scc(C)n2c(=O)c1CCN1CC[C@@H](c2c[nH]c3ccccc23)[C@@H](C)C1. The third kappa shape index (κ3) is 3.28. The van der Waals surface area contributed by atoms with Gasteiger partial charge < -0.3 is 9.88 Å². The van der Waals surface area contributed by atoms with Crippen LogP contribution in [0.3, 0.4) is 0 Å². The topological polar surface area (TPSA) is 53.4 Å². The number of likely N-dealkylation sites (tertiary alicyclic amines) is 1. The highest BCUT2D eigenvalue weighted by Crippen LogP contribution is 2.36. The third-order valence-corrected chi connectivity index (χ3v) is 7.67. The van der Waals surface area contributed by atoms with E-state index in [1.54, 1.807) is 4.40 Å². The zero-order valence-corrected chi connectivity index (χ0v) is 18.6. The molecule has 1 N–H and O–H groups in total. The zero-order chi connectivity index (χ0) is 20.8. The molecule has 0 bridgehead atoms. The van der Waals surface area contributed by atoms with E-state index in [2.05, 4.69) is 52.3 Å². The van der Waals surface area contributed by atoms with Crippen molar-refractivity contribution in [3.05, 3.63) is 68.7 Å². The first-order chi connectivity index (χ1) is 14.5. The smallest absolute Gasteiger partial charge is 0.262 e. The van der Waals surface area contributed by atoms with E-state index < -0.39 is 0 Å². The molecule has 0 amide bonds. The number of piperidine rings is 1. The van der Waals surface area contributed by atoms with Gasteiger partial charge in [-0.25, -0.2) is 4.98 Å². The summed E-state index contributed by atoms with van der Waals surface area (Å²) in [6, 6.07) is 8.59. The van der Waals surface area contributed by atoms with Crippen LogP contribution in [0.25, 0.3) is 15.9 Å². The molecule has 1 fully saturated rings. The molecule has 1 aliphatic heterocycles. The van der Waals surface area contributed by atoms with Crippen molar-refractivity contribution in [2.24, 2.45) is 5.92 Å². The lowest BCUT2D eigenvalue weighted by Crippen LogP contribution is -2.40. The predicted molar refractivity (Wildman–Crippen MR) is 124 cm³/mol. The Morgan fingerprint density at radius 1 is 1.27 bits per heavy atom. The molecule has 0 radical (unpaired) electrons. The lowest BCUT2D eigenvalue weighted by atomic mass is 9.81. The molecule has 6 heteroatoms. The van der Waals surface area contributed by atoms with Gasteiger partial charge in [-0.15, -0.1) is 11.3 Å². The van der Waals surface area contributed by atoms with Crippen molar-refractivity contribution in [1.29, 1.82) is 0 Å². The van der Waals surface area contributed by atoms with E-state index in [4.69, 9.17) is 0 Å². The number of nitrogens with zero attached hydrogens (tertiary/aromatic N) is 3. The average molecular weight is 421 g/mol. The van der Waals surface area contributed by atoms with Gasteiger partial charge in [-0.1, -0.05) is 25.1 Å². The maximum atomic E-state index is 13.0. The molecule has 5 rings (SSSR count). The number of aromatic amines is 1. The summed E-state index contributed by atoms with van der Waals surface area (Å²) in [5, 5.41) is 3.36. The summed E-state index contributed by atoms with van der Waals surface area (Å²) in [6.07, 6.45) is 4.12. The first kappa shape index (κ1) is 19.5. The Balaban J connectivity index is 1.30. The van der Waals surface area contributed by atoms with Crippen LogP contribution in [0.5, 0.6) is 0 Å². The number of nitrogens with one attached hydrogen (secondary N) is 1. The Bertz CT molecular complexity index is 1270. The first-order valence-electron chi connectivity index (χ1n) is 10.8. The lowest BCUT2D eigenvalue weighted by molar-refractivity contribution is 0.165. The number of hydrogen-bond acceptors (Lipinski definition) is 4. The molecule has 0 unspecified atom stereocenters. The van der Waals surface area contributed by atoms with Crippen molar-refractivity contribution in [2.75, 3.05) is 19.6 Å². The predicted octanol–water partition coefficient (Wildman–Crippen LogP) is 4.52. The second kappa shape index (κ2) is 7.67. The molecule has 0 aliphatic carbocycles. The quantitative estimate of drug-likeness (QED) is 0.528. The number of fused-ring (bicyclic) bond motifs is 2. The fraction of sp³-hybridized carbons (Fsp3) is 0.417. The number of aromatic nitrogens is 3. The highest BCUT2D eigenvalue weighted by atomic mass is 32.1. The van der Waals surface area contributed by atoms with E-state index in [0.717, 1.165) is 54.4 Å². The van der Waals surface area contributed by atoms with E-state index in [9.17, 15) is 4.79 Å². The van der Waals surface area contributed by atoms with Crippen molar-refractivity contribution in [3.63, 3.8) is 0 Å². The van der Waals surface area contributed by atoms with Crippen molar-refractivity contribution in [1.82, 2.24) is 19.3 Å². The van der Waals surface area contributed by atoms with Gasteiger partial charge in [-0.3, -0.25) is 9.20 Å². The summed E-state index contributed by atoms with van der Waals surface area (Å²) in [5.74, 6) is 1.16. The van der Waals surface area contributed by atoms with E-state index in [1.807, 2.05) is 19.2 Å². The molecular weight excluding hydrogens is 392 g/mol. The molecule has 1 saturated heterocycles. The van der Waals surface area contributed by atoms with Crippen molar-refractivity contribution in [3.8, 4) is 0 Å². The fourth-order valence-corrected chi connectivity index (χ4v) is 5.98. The van der Waals surface area contributed by atoms with Crippen LogP contribution >= 0.6 is 11.3 Å². The van der Waals surface area contributed by atoms with Gasteiger partial charge in [-0.2, -0.15) is 0 Å². The average Bonchev–Trinajstić information content (AvgIpc) is 3.32. The van der Waals surface area contributed by atoms with Gasteiger partial charge in [0.25, 0.3) is 5.56 Å². The van der Waals surface area contributed by atoms with Crippen LogP contribution in [-0.4, -0.2) is 38.9 Å². The second-order valence-corrected chi connectivity index (χ2v) is 9.53. The van der Waals surface area contributed by atoms with Crippen LogP contribution in [0.15, 0.2) is 40.6 Å². The summed E-state index contributed by atoms with van der Waals surface area (Å²) in [5.41, 5.74) is 5.50. The van der Waals surface area contributed by atoms with E-state index in [0.29, 0.717) is 11.8 Å². The van der Waals surface area contributed by atoms with Gasteiger partial charge in [-0.05, 0) is 56.7 Å². The monoisotopic (exact) mass is 420 g/mol. The Morgan fingerprint density at radius 2 is 2.10 bits per heavy atom. The molecule has 4 aromatic rings. The number of aryl methyl sites for hydroxylation is 2. The Kier molecular flexibility index (Phi) is 4.99. The van der Waals surface area contributed by atoms with Crippen LogP contribution in [-0.2, 0) is 6.42 Å². The Morgan fingerprint density at radius 3 is 2.93 bits per heavy atom. The number of hydrogen-bond donors (Lipinski definition) is 1. The van der Waals surface area contributed by atoms with Crippen LogP contribution in [0.2, 0.25) is 0 Å². The van der Waals surface area contributed by atoms with E-state index >= 15 is 0 Å². The van der Waals surface area contributed by atoms with Crippen molar-refractivity contribution >= 4 is 27.2 Å². The standard InChI is InChI=1S/C24H28N4OS/c1-15-13-27(10-8-18(15)21-12-25-22-7-5-4-6-20(21)22)11-9-19-17(3)26-24-28(23(19)29)16(2)14-30-24/h4-7,12,14-15,18,25H,8-11,13H2,1-3H3/t15-,18+/m0/s1. The number of rotatable bonds is 4. The Labute approximate surface area is 180 Å². The Hall–Kier alpha value is -2.44. The van der Waals surface area contributed by atoms with Gasteiger partial charge in [0, 0.05) is 52.5 Å². The van der Waals surface area contributed by atoms with Gasteiger partial charge in [0.15, 0.2) is 4.96 Å². The summed E-state index contributed by atoms with van der Waals surface area (Å²) in [4.78, 5) is 24.4. The molecule has 1 aromatic carbocycles. The van der Waals surface area contributed by atoms with Crippen molar-refractivity contribution in [2.45, 2.75) is 39.5 Å². The minimum atomic E-state index is 0.109. The largest absolute Gasteiger partial charge is 0.361 e. The van der Waals surface area contributed by atoms with Crippen LogP contribution in [0.1, 0.15) is 41.8 Å². The summed E-state index contributed by atoms with van der Waals surface area (Å²) < 4.78 is 1.76. The molecule has 156 valence electrons. The first-order valence-corrected chi connectivity index (χ1v) is 11.7. The second-order valence-electron chi connectivity index (χ2n) is 8.69. The molecule has 0 spiro atoms. The number of thiazole rings is 1. The van der Waals surface area contributed by atoms with Crippen molar-refractivity contribution < 1.29 is 0 Å². The molecule has 0 saturated carbocycles. The molecule has 5 nitrogen and oxygen atoms in total. The van der Waals surface area contributed by atoms with Crippen LogP contribution < -0.4 is 5.56 Å².